The molecule has 2 aromatic rings. The Morgan fingerprint density at radius 3 is 2.31 bits per heavy atom. The van der Waals surface area contributed by atoms with Crippen LogP contribution in [0.15, 0.2) is 60.7 Å². The Morgan fingerprint density at radius 2 is 1.66 bits per heavy atom. The van der Waals surface area contributed by atoms with Crippen molar-refractivity contribution < 1.29 is 4.74 Å². The summed E-state index contributed by atoms with van der Waals surface area (Å²) in [4.78, 5) is 0. The molecule has 0 unspecified atom stereocenters. The van der Waals surface area contributed by atoms with E-state index < -0.39 is 0 Å². The van der Waals surface area contributed by atoms with Crippen molar-refractivity contribution in [1.82, 2.24) is 0 Å². The lowest BCUT2D eigenvalue weighted by Gasteiger charge is -2.27. The Hall–Kier alpha value is -2.46. The van der Waals surface area contributed by atoms with Crippen molar-refractivity contribution in [3.8, 4) is 17.6 Å². The van der Waals surface area contributed by atoms with Crippen LogP contribution in [0.5, 0.6) is 5.75 Å². The number of rotatable bonds is 7. The summed E-state index contributed by atoms with van der Waals surface area (Å²) in [6, 6.07) is 17.4. The molecule has 0 saturated heterocycles. The third kappa shape index (κ3) is 6.82. The standard InChI is InChI=1S/C28H34O/c1-3-5-22-29-28-20-14-25(15-21-28)9-7-6-8-24-12-18-27(19-13-24)26-16-10-23(4-2)11-17-26/h6,8,10-11,14-17,20-21,24,27H,3-5,12-13,18-19,22H2,1-2H3/b8-6+. The van der Waals surface area contributed by atoms with Crippen LogP contribution in [0.3, 0.4) is 0 Å². The van der Waals surface area contributed by atoms with Crippen molar-refractivity contribution in [3.05, 3.63) is 77.4 Å². The van der Waals surface area contributed by atoms with Crippen molar-refractivity contribution in [2.24, 2.45) is 5.92 Å². The van der Waals surface area contributed by atoms with Crippen molar-refractivity contribution >= 4 is 0 Å². The van der Waals surface area contributed by atoms with Gasteiger partial charge < -0.3 is 4.74 Å². The molecule has 1 aliphatic carbocycles. The molecule has 1 saturated carbocycles. The van der Waals surface area contributed by atoms with Gasteiger partial charge >= 0.3 is 0 Å². The Labute approximate surface area is 177 Å². The van der Waals surface area contributed by atoms with Gasteiger partial charge in [0.05, 0.1) is 6.61 Å². The van der Waals surface area contributed by atoms with Gasteiger partial charge in [-0.3, -0.25) is 0 Å². The summed E-state index contributed by atoms with van der Waals surface area (Å²) in [5.74, 6) is 8.77. The lowest BCUT2D eigenvalue weighted by atomic mass is 9.78. The van der Waals surface area contributed by atoms with Crippen LogP contribution in [-0.2, 0) is 6.42 Å². The molecule has 152 valence electrons. The van der Waals surface area contributed by atoms with Gasteiger partial charge in [-0.05, 0) is 91.8 Å². The molecule has 0 aliphatic heterocycles. The first-order valence-electron chi connectivity index (χ1n) is 11.3. The number of unbranched alkanes of at least 4 members (excludes halogenated alkanes) is 1. The van der Waals surface area contributed by atoms with Crippen LogP contribution < -0.4 is 4.74 Å². The van der Waals surface area contributed by atoms with Crippen LogP contribution in [0.1, 0.15) is 75.0 Å². The lowest BCUT2D eigenvalue weighted by molar-refractivity contribution is 0.309. The first kappa shape index (κ1) is 21.3. The highest BCUT2D eigenvalue weighted by Gasteiger charge is 2.20. The molecule has 1 fully saturated rings. The van der Waals surface area contributed by atoms with Gasteiger partial charge in [0.15, 0.2) is 0 Å². The normalized spacial score (nSPS) is 19.0. The van der Waals surface area contributed by atoms with Crippen LogP contribution in [-0.4, -0.2) is 6.61 Å². The second-order valence-electron chi connectivity index (χ2n) is 8.06. The molecule has 3 rings (SSSR count). The fourth-order valence-electron chi connectivity index (χ4n) is 3.95. The van der Waals surface area contributed by atoms with Gasteiger partial charge in [0.25, 0.3) is 0 Å². The summed E-state index contributed by atoms with van der Waals surface area (Å²) in [5, 5.41) is 0. The zero-order valence-electron chi connectivity index (χ0n) is 18.0. The third-order valence-corrected chi connectivity index (χ3v) is 5.92. The van der Waals surface area contributed by atoms with Gasteiger partial charge in [-0.1, -0.05) is 62.5 Å². The molecule has 0 spiro atoms. The maximum Gasteiger partial charge on any atom is 0.119 e. The molecule has 1 nitrogen and oxygen atoms in total. The molecule has 0 radical (unpaired) electrons. The molecule has 1 aliphatic rings. The minimum atomic E-state index is 0.671. The molecular weight excluding hydrogens is 352 g/mol. The van der Waals surface area contributed by atoms with E-state index in [1.165, 1.54) is 36.8 Å². The molecule has 29 heavy (non-hydrogen) atoms. The highest BCUT2D eigenvalue weighted by atomic mass is 16.5. The van der Waals surface area contributed by atoms with Gasteiger partial charge in [-0.25, -0.2) is 0 Å². The summed E-state index contributed by atoms with van der Waals surface area (Å²) < 4.78 is 5.70. The molecule has 0 bridgehead atoms. The fraction of sp³-hybridized carbons (Fsp3) is 0.429. The van der Waals surface area contributed by atoms with Gasteiger partial charge in [-0.2, -0.15) is 0 Å². The van der Waals surface area contributed by atoms with Gasteiger partial charge in [0.1, 0.15) is 5.75 Å². The number of ether oxygens (including phenoxy) is 1. The average Bonchev–Trinajstić information content (AvgIpc) is 2.78. The van der Waals surface area contributed by atoms with Crippen molar-refractivity contribution in [2.75, 3.05) is 6.61 Å². The Bertz CT molecular complexity index is 809. The van der Waals surface area contributed by atoms with E-state index in [4.69, 9.17) is 4.74 Å². The van der Waals surface area contributed by atoms with Crippen LogP contribution in [0.25, 0.3) is 0 Å². The maximum atomic E-state index is 5.70. The van der Waals surface area contributed by atoms with E-state index in [2.05, 4.69) is 56.0 Å². The lowest BCUT2D eigenvalue weighted by Crippen LogP contribution is -2.11. The maximum absolute atomic E-state index is 5.70. The number of allylic oxidation sites excluding steroid dienone is 2. The predicted molar refractivity (Wildman–Crippen MR) is 123 cm³/mol. The van der Waals surface area contributed by atoms with E-state index in [0.29, 0.717) is 5.92 Å². The van der Waals surface area contributed by atoms with E-state index >= 15 is 0 Å². The second-order valence-corrected chi connectivity index (χ2v) is 8.06. The first-order chi connectivity index (χ1) is 14.3. The topological polar surface area (TPSA) is 9.23 Å². The summed E-state index contributed by atoms with van der Waals surface area (Å²) in [6.07, 6.45) is 12.8. The Kier molecular flexibility index (Phi) is 8.44. The van der Waals surface area contributed by atoms with Gasteiger partial charge in [0, 0.05) is 5.56 Å². The van der Waals surface area contributed by atoms with E-state index in [-0.39, 0.29) is 0 Å². The van der Waals surface area contributed by atoms with Crippen molar-refractivity contribution in [1.29, 1.82) is 0 Å². The molecule has 0 N–H and O–H groups in total. The average molecular weight is 387 g/mol. The smallest absolute Gasteiger partial charge is 0.119 e. The van der Waals surface area contributed by atoms with E-state index in [1.54, 1.807) is 0 Å². The van der Waals surface area contributed by atoms with E-state index in [0.717, 1.165) is 43.1 Å². The third-order valence-electron chi connectivity index (χ3n) is 5.92. The van der Waals surface area contributed by atoms with Gasteiger partial charge in [-0.15, -0.1) is 0 Å². The Balaban J connectivity index is 1.43. The molecule has 0 amide bonds. The highest BCUT2D eigenvalue weighted by molar-refractivity contribution is 5.40. The molecule has 0 heterocycles. The van der Waals surface area contributed by atoms with Crippen LogP contribution in [0, 0.1) is 17.8 Å². The van der Waals surface area contributed by atoms with Crippen molar-refractivity contribution in [2.45, 2.75) is 64.7 Å². The fourth-order valence-corrected chi connectivity index (χ4v) is 3.95. The van der Waals surface area contributed by atoms with Gasteiger partial charge in [0.2, 0.25) is 0 Å². The second kappa shape index (κ2) is 11.5. The molecule has 0 aromatic heterocycles. The largest absolute Gasteiger partial charge is 0.494 e. The minimum Gasteiger partial charge on any atom is -0.494 e. The molecule has 0 atom stereocenters. The van der Waals surface area contributed by atoms with Crippen molar-refractivity contribution in [3.63, 3.8) is 0 Å². The quantitative estimate of drug-likeness (QED) is 0.358. The molecule has 1 heteroatoms. The number of benzene rings is 2. The zero-order valence-corrected chi connectivity index (χ0v) is 18.0. The van der Waals surface area contributed by atoms with Crippen LogP contribution in [0.4, 0.5) is 0 Å². The monoisotopic (exact) mass is 386 g/mol. The summed E-state index contributed by atoms with van der Waals surface area (Å²) >= 11 is 0. The molecule has 2 aromatic carbocycles. The minimum absolute atomic E-state index is 0.671. The Morgan fingerprint density at radius 1 is 0.931 bits per heavy atom. The van der Waals surface area contributed by atoms with E-state index in [1.807, 2.05) is 30.3 Å². The predicted octanol–water partition coefficient (Wildman–Crippen LogP) is 7.31. The van der Waals surface area contributed by atoms with Crippen LogP contribution >= 0.6 is 0 Å². The summed E-state index contributed by atoms with van der Waals surface area (Å²) in [5.41, 5.74) is 3.99. The first-order valence-corrected chi connectivity index (χ1v) is 11.3. The summed E-state index contributed by atoms with van der Waals surface area (Å²) in [6.45, 7) is 5.18. The number of hydrogen-bond acceptors (Lipinski definition) is 1. The molecular formula is C28H34O. The highest BCUT2D eigenvalue weighted by Crippen LogP contribution is 2.36. The number of aryl methyl sites for hydroxylation is 1. The van der Waals surface area contributed by atoms with E-state index in [9.17, 15) is 0 Å². The summed E-state index contributed by atoms with van der Waals surface area (Å²) in [7, 11) is 0. The van der Waals surface area contributed by atoms with Crippen LogP contribution in [0.2, 0.25) is 0 Å². The number of hydrogen-bond donors (Lipinski definition) is 0. The zero-order chi connectivity index (χ0) is 20.3. The SMILES string of the molecule is CCCCOc1ccc(C#C/C=C/C2CCC(c3ccc(CC)cc3)CC2)cc1.